The summed E-state index contributed by atoms with van der Waals surface area (Å²) in [4.78, 5) is 23.7. The van der Waals surface area contributed by atoms with Crippen LogP contribution in [0.3, 0.4) is 0 Å². The Morgan fingerprint density at radius 3 is 2.50 bits per heavy atom. The van der Waals surface area contributed by atoms with Crippen LogP contribution in [0.5, 0.6) is 0 Å². The number of hydrogen-bond acceptors (Lipinski definition) is 3. The van der Waals surface area contributed by atoms with Crippen molar-refractivity contribution in [1.29, 1.82) is 0 Å². The third-order valence-electron chi connectivity index (χ3n) is 2.28. The Labute approximate surface area is 125 Å². The van der Waals surface area contributed by atoms with Gasteiger partial charge in [-0.15, -0.1) is 0 Å². The fraction of sp³-hybridized carbons (Fsp3) is 0.429. The molecule has 0 bridgehead atoms. The molecular formula is C14H17BrFNO3. The minimum atomic E-state index is -0.861. The molecule has 1 aromatic rings. The van der Waals surface area contributed by atoms with Gasteiger partial charge in [-0.3, -0.25) is 4.79 Å². The molecule has 0 aromatic heterocycles. The number of amides is 1. The second-order valence-corrected chi connectivity index (χ2v) is 6.27. The normalized spacial score (nSPS) is 12.7. The van der Waals surface area contributed by atoms with Gasteiger partial charge >= 0.3 is 5.97 Å². The second-order valence-electron chi connectivity index (χ2n) is 5.35. The molecule has 0 aliphatic rings. The van der Waals surface area contributed by atoms with Gasteiger partial charge in [0.05, 0.1) is 5.56 Å². The average Bonchev–Trinajstić information content (AvgIpc) is 2.29. The minimum absolute atomic E-state index is 0.130. The predicted molar refractivity (Wildman–Crippen MR) is 76.9 cm³/mol. The molecule has 0 saturated heterocycles. The van der Waals surface area contributed by atoms with E-state index >= 15 is 0 Å². The van der Waals surface area contributed by atoms with Crippen LogP contribution < -0.4 is 5.32 Å². The first-order chi connectivity index (χ1) is 9.10. The lowest BCUT2D eigenvalue weighted by atomic mass is 10.1. The van der Waals surface area contributed by atoms with Crippen molar-refractivity contribution >= 4 is 27.8 Å². The van der Waals surface area contributed by atoms with E-state index in [1.807, 2.05) is 0 Å². The smallest absolute Gasteiger partial charge is 0.328 e. The first kappa shape index (κ1) is 16.6. The fourth-order valence-electron chi connectivity index (χ4n) is 1.39. The fourth-order valence-corrected chi connectivity index (χ4v) is 1.76. The lowest BCUT2D eigenvalue weighted by Gasteiger charge is -2.22. The topological polar surface area (TPSA) is 55.4 Å². The van der Waals surface area contributed by atoms with E-state index in [0.29, 0.717) is 4.47 Å². The number of hydrogen-bond donors (Lipinski definition) is 1. The number of rotatable bonds is 3. The molecule has 1 N–H and O–H groups in total. The van der Waals surface area contributed by atoms with Gasteiger partial charge in [0.15, 0.2) is 0 Å². The van der Waals surface area contributed by atoms with Crippen molar-refractivity contribution in [2.24, 2.45) is 0 Å². The van der Waals surface area contributed by atoms with E-state index in [1.165, 1.54) is 25.1 Å². The maximum absolute atomic E-state index is 13.5. The summed E-state index contributed by atoms with van der Waals surface area (Å²) >= 11 is 3.16. The Morgan fingerprint density at radius 2 is 1.95 bits per heavy atom. The summed E-state index contributed by atoms with van der Waals surface area (Å²) < 4.78 is 19.3. The minimum Gasteiger partial charge on any atom is -0.458 e. The van der Waals surface area contributed by atoms with Crippen LogP contribution in [0.25, 0.3) is 0 Å². The van der Waals surface area contributed by atoms with Gasteiger partial charge in [-0.2, -0.15) is 0 Å². The van der Waals surface area contributed by atoms with Gasteiger partial charge in [-0.05, 0) is 45.9 Å². The van der Waals surface area contributed by atoms with E-state index < -0.39 is 29.3 Å². The molecule has 1 aromatic carbocycles. The van der Waals surface area contributed by atoms with E-state index in [2.05, 4.69) is 21.2 Å². The van der Waals surface area contributed by atoms with Crippen molar-refractivity contribution < 1.29 is 18.7 Å². The molecule has 1 atom stereocenters. The molecule has 0 unspecified atom stereocenters. The Kier molecular flexibility index (Phi) is 5.28. The van der Waals surface area contributed by atoms with E-state index in [1.54, 1.807) is 20.8 Å². The molecule has 0 fully saturated rings. The molecule has 4 nitrogen and oxygen atoms in total. The van der Waals surface area contributed by atoms with Crippen LogP contribution in [0.15, 0.2) is 22.7 Å². The lowest BCUT2D eigenvalue weighted by molar-refractivity contribution is -0.156. The van der Waals surface area contributed by atoms with Crippen LogP contribution in [0.2, 0.25) is 0 Å². The highest BCUT2D eigenvalue weighted by Gasteiger charge is 2.24. The largest absolute Gasteiger partial charge is 0.458 e. The summed E-state index contributed by atoms with van der Waals surface area (Å²) in [5.74, 6) is -1.88. The average molecular weight is 346 g/mol. The summed E-state index contributed by atoms with van der Waals surface area (Å²) in [6, 6.07) is 3.16. The molecule has 0 radical (unpaired) electrons. The van der Waals surface area contributed by atoms with Crippen LogP contribution >= 0.6 is 15.9 Å². The molecule has 1 amide bonds. The summed E-state index contributed by atoms with van der Waals surface area (Å²) in [5, 5.41) is 2.41. The first-order valence-corrected chi connectivity index (χ1v) is 6.88. The van der Waals surface area contributed by atoms with Gasteiger partial charge in [0.25, 0.3) is 5.91 Å². The van der Waals surface area contributed by atoms with Crippen LogP contribution in [0.1, 0.15) is 38.1 Å². The van der Waals surface area contributed by atoms with Crippen molar-refractivity contribution in [3.63, 3.8) is 0 Å². The summed E-state index contributed by atoms with van der Waals surface area (Å²) in [6.45, 7) is 6.68. The maximum Gasteiger partial charge on any atom is 0.328 e. The molecule has 0 aliphatic carbocycles. The summed E-state index contributed by atoms with van der Waals surface area (Å²) in [6.07, 6.45) is 0. The third-order valence-corrected chi connectivity index (χ3v) is 2.77. The van der Waals surface area contributed by atoms with Crippen molar-refractivity contribution in [2.75, 3.05) is 0 Å². The number of carbonyl (C=O) groups is 2. The zero-order valence-corrected chi connectivity index (χ0v) is 13.4. The van der Waals surface area contributed by atoms with Crippen LogP contribution in [0.4, 0.5) is 4.39 Å². The zero-order chi connectivity index (χ0) is 15.5. The van der Waals surface area contributed by atoms with Gasteiger partial charge in [0.1, 0.15) is 17.5 Å². The van der Waals surface area contributed by atoms with E-state index in [9.17, 15) is 14.0 Å². The molecule has 0 spiro atoms. The summed E-state index contributed by atoms with van der Waals surface area (Å²) in [5.41, 5.74) is -0.772. The number of benzene rings is 1. The highest BCUT2D eigenvalue weighted by atomic mass is 79.9. The van der Waals surface area contributed by atoms with Crippen molar-refractivity contribution in [2.45, 2.75) is 39.3 Å². The molecule has 6 heteroatoms. The van der Waals surface area contributed by atoms with Gasteiger partial charge < -0.3 is 10.1 Å². The van der Waals surface area contributed by atoms with Gasteiger partial charge in [0.2, 0.25) is 0 Å². The maximum atomic E-state index is 13.5. The van der Waals surface area contributed by atoms with Gasteiger partial charge in [-0.25, -0.2) is 9.18 Å². The Morgan fingerprint density at radius 1 is 1.35 bits per heavy atom. The molecule has 1 rings (SSSR count). The van der Waals surface area contributed by atoms with E-state index in [0.717, 1.165) is 0 Å². The second kappa shape index (κ2) is 6.35. The predicted octanol–water partition coefficient (Wildman–Crippen LogP) is 3.05. The molecular weight excluding hydrogens is 329 g/mol. The zero-order valence-electron chi connectivity index (χ0n) is 11.8. The van der Waals surface area contributed by atoms with Gasteiger partial charge in [-0.1, -0.05) is 15.9 Å². The van der Waals surface area contributed by atoms with Crippen LogP contribution in [-0.2, 0) is 9.53 Å². The Bertz CT molecular complexity index is 526. The Balaban J connectivity index is 2.75. The van der Waals surface area contributed by atoms with Crippen LogP contribution in [-0.4, -0.2) is 23.5 Å². The van der Waals surface area contributed by atoms with E-state index in [4.69, 9.17) is 4.74 Å². The number of esters is 1. The van der Waals surface area contributed by atoms with E-state index in [-0.39, 0.29) is 5.56 Å². The summed E-state index contributed by atoms with van der Waals surface area (Å²) in [7, 11) is 0. The highest BCUT2D eigenvalue weighted by Crippen LogP contribution is 2.16. The van der Waals surface area contributed by atoms with Crippen molar-refractivity contribution in [1.82, 2.24) is 5.32 Å². The standard InChI is InChI=1S/C14H17BrFNO3/c1-8(13(19)20-14(2,3)4)17-12(18)10-7-9(15)5-6-11(10)16/h5-8H,1-4H3,(H,17,18)/t8-/m1/s1. The Hall–Kier alpha value is -1.43. The molecule has 110 valence electrons. The highest BCUT2D eigenvalue weighted by molar-refractivity contribution is 9.10. The number of halogens is 2. The van der Waals surface area contributed by atoms with Crippen molar-refractivity contribution in [3.8, 4) is 0 Å². The van der Waals surface area contributed by atoms with Gasteiger partial charge in [0, 0.05) is 4.47 Å². The lowest BCUT2D eigenvalue weighted by Crippen LogP contribution is -2.42. The molecule has 0 saturated carbocycles. The number of carbonyl (C=O) groups excluding carboxylic acids is 2. The molecule has 0 heterocycles. The quantitative estimate of drug-likeness (QED) is 0.856. The van der Waals surface area contributed by atoms with Crippen molar-refractivity contribution in [3.05, 3.63) is 34.1 Å². The number of ether oxygens (including phenoxy) is 1. The third kappa shape index (κ3) is 4.92. The first-order valence-electron chi connectivity index (χ1n) is 6.09. The molecule has 20 heavy (non-hydrogen) atoms. The SMILES string of the molecule is C[C@@H](NC(=O)c1cc(Br)ccc1F)C(=O)OC(C)(C)C. The number of nitrogens with one attached hydrogen (secondary N) is 1. The van der Waals surface area contributed by atoms with Crippen LogP contribution in [0, 0.1) is 5.82 Å². The monoisotopic (exact) mass is 345 g/mol. The molecule has 0 aliphatic heterocycles.